The van der Waals surface area contributed by atoms with Gasteiger partial charge < -0.3 is 4.74 Å². The highest BCUT2D eigenvalue weighted by Crippen LogP contribution is 2.72. The number of halogens is 1. The lowest BCUT2D eigenvalue weighted by atomic mass is 10.0. The van der Waals surface area contributed by atoms with Crippen molar-refractivity contribution in [3.63, 3.8) is 0 Å². The summed E-state index contributed by atoms with van der Waals surface area (Å²) in [7, 11) is 1.40. The molecule has 0 N–H and O–H groups in total. The van der Waals surface area contributed by atoms with Crippen LogP contribution in [0.5, 0.6) is 0 Å². The molecule has 0 radical (unpaired) electrons. The van der Waals surface area contributed by atoms with E-state index in [0.29, 0.717) is 0 Å². The molecule has 0 aromatic heterocycles. The Morgan fingerprint density at radius 2 is 1.88 bits per heavy atom. The SMILES string of the molecule is COC(=O)C1C(C)(C)C1(Cl)c1ccccc1. The van der Waals surface area contributed by atoms with Gasteiger partial charge in [0.25, 0.3) is 0 Å². The lowest BCUT2D eigenvalue weighted by Crippen LogP contribution is -2.10. The van der Waals surface area contributed by atoms with Crippen LogP contribution in [0, 0.1) is 11.3 Å². The van der Waals surface area contributed by atoms with Gasteiger partial charge >= 0.3 is 5.97 Å². The normalized spacial score (nSPS) is 30.9. The number of benzene rings is 1. The van der Waals surface area contributed by atoms with E-state index in [-0.39, 0.29) is 17.3 Å². The first-order valence-corrected chi connectivity index (χ1v) is 5.66. The number of methoxy groups -OCH3 is 1. The first-order valence-electron chi connectivity index (χ1n) is 5.28. The first kappa shape index (κ1) is 11.5. The highest BCUT2D eigenvalue weighted by atomic mass is 35.5. The Bertz CT molecular complexity index is 413. The highest BCUT2D eigenvalue weighted by Gasteiger charge is 2.75. The van der Waals surface area contributed by atoms with E-state index in [2.05, 4.69) is 0 Å². The average Bonchev–Trinajstić information content (AvgIpc) is 2.75. The van der Waals surface area contributed by atoms with Crippen LogP contribution in [0.15, 0.2) is 30.3 Å². The summed E-state index contributed by atoms with van der Waals surface area (Å²) < 4.78 is 4.80. The fourth-order valence-electron chi connectivity index (χ4n) is 2.50. The van der Waals surface area contributed by atoms with E-state index in [9.17, 15) is 4.79 Å². The van der Waals surface area contributed by atoms with Crippen molar-refractivity contribution in [3.05, 3.63) is 35.9 Å². The molecule has 1 aromatic rings. The quantitative estimate of drug-likeness (QED) is 0.585. The minimum atomic E-state index is -0.624. The van der Waals surface area contributed by atoms with Gasteiger partial charge in [0.15, 0.2) is 0 Å². The van der Waals surface area contributed by atoms with Crippen LogP contribution >= 0.6 is 11.6 Å². The first-order chi connectivity index (χ1) is 7.46. The second-order valence-electron chi connectivity index (χ2n) is 4.76. The van der Waals surface area contributed by atoms with Gasteiger partial charge in [-0.25, -0.2) is 0 Å². The molecule has 0 aliphatic heterocycles. The maximum absolute atomic E-state index is 11.7. The number of esters is 1. The summed E-state index contributed by atoms with van der Waals surface area (Å²) in [6, 6.07) is 9.71. The Labute approximate surface area is 101 Å². The average molecular weight is 239 g/mol. The van der Waals surface area contributed by atoms with E-state index in [1.165, 1.54) is 7.11 Å². The molecule has 86 valence electrons. The highest BCUT2D eigenvalue weighted by molar-refractivity contribution is 6.29. The lowest BCUT2D eigenvalue weighted by molar-refractivity contribution is -0.143. The van der Waals surface area contributed by atoms with Crippen LogP contribution in [0.2, 0.25) is 0 Å². The van der Waals surface area contributed by atoms with Gasteiger partial charge in [0, 0.05) is 5.41 Å². The van der Waals surface area contributed by atoms with Crippen molar-refractivity contribution in [2.75, 3.05) is 7.11 Å². The van der Waals surface area contributed by atoms with Crippen LogP contribution in [0.3, 0.4) is 0 Å². The fraction of sp³-hybridized carbons (Fsp3) is 0.462. The van der Waals surface area contributed by atoms with Gasteiger partial charge in [0.1, 0.15) is 0 Å². The number of carbonyl (C=O) groups excluding carboxylic acids is 1. The number of hydrogen-bond acceptors (Lipinski definition) is 2. The molecule has 0 spiro atoms. The van der Waals surface area contributed by atoms with E-state index < -0.39 is 4.87 Å². The molecule has 2 atom stereocenters. The van der Waals surface area contributed by atoms with Crippen molar-refractivity contribution >= 4 is 17.6 Å². The predicted octanol–water partition coefficient (Wildman–Crippen LogP) is 2.95. The molecule has 1 aliphatic rings. The van der Waals surface area contributed by atoms with Crippen LogP contribution < -0.4 is 0 Å². The molecule has 1 aromatic carbocycles. The van der Waals surface area contributed by atoms with Crippen LogP contribution in [0.25, 0.3) is 0 Å². The summed E-state index contributed by atoms with van der Waals surface area (Å²) in [5.41, 5.74) is 0.722. The molecule has 16 heavy (non-hydrogen) atoms. The van der Waals surface area contributed by atoms with E-state index >= 15 is 0 Å². The Hall–Kier alpha value is -1.02. The molecule has 1 fully saturated rings. The van der Waals surface area contributed by atoms with Crippen LogP contribution in [0.1, 0.15) is 19.4 Å². The molecule has 0 bridgehead atoms. The van der Waals surface area contributed by atoms with E-state index in [4.69, 9.17) is 16.3 Å². The zero-order valence-corrected chi connectivity index (χ0v) is 10.4. The number of alkyl halides is 1. The zero-order chi connectivity index (χ0) is 12.0. The summed E-state index contributed by atoms with van der Waals surface area (Å²) in [6.45, 7) is 3.99. The van der Waals surface area contributed by atoms with E-state index in [0.717, 1.165) is 5.56 Å². The number of rotatable bonds is 2. The minimum absolute atomic E-state index is 0.233. The molecule has 2 nitrogen and oxygen atoms in total. The third-order valence-corrected chi connectivity index (χ3v) is 4.53. The second kappa shape index (κ2) is 3.49. The van der Waals surface area contributed by atoms with Crippen LogP contribution in [-0.4, -0.2) is 13.1 Å². The monoisotopic (exact) mass is 238 g/mol. The molecule has 0 heterocycles. The lowest BCUT2D eigenvalue weighted by Gasteiger charge is -2.11. The van der Waals surface area contributed by atoms with Gasteiger partial charge in [-0.3, -0.25) is 4.79 Å². The third-order valence-electron chi connectivity index (χ3n) is 3.60. The zero-order valence-electron chi connectivity index (χ0n) is 9.66. The minimum Gasteiger partial charge on any atom is -0.469 e. The van der Waals surface area contributed by atoms with Gasteiger partial charge in [-0.1, -0.05) is 44.2 Å². The van der Waals surface area contributed by atoms with Gasteiger partial charge in [0.05, 0.1) is 17.9 Å². The summed E-state index contributed by atoms with van der Waals surface area (Å²) in [6.07, 6.45) is 0. The number of carbonyl (C=O) groups is 1. The van der Waals surface area contributed by atoms with Crippen molar-refractivity contribution in [3.8, 4) is 0 Å². The number of ether oxygens (including phenoxy) is 1. The molecule has 1 aliphatic carbocycles. The van der Waals surface area contributed by atoms with Crippen LogP contribution in [0.4, 0.5) is 0 Å². The smallest absolute Gasteiger partial charge is 0.311 e. The standard InChI is InChI=1S/C13H15ClO2/c1-12(2)10(11(15)16-3)13(12,14)9-7-5-4-6-8-9/h4-8,10H,1-3H3. The predicted molar refractivity (Wildman–Crippen MR) is 63.3 cm³/mol. The summed E-state index contributed by atoms with van der Waals surface area (Å²) in [4.78, 5) is 11.0. The van der Waals surface area contributed by atoms with Crippen molar-refractivity contribution in [1.29, 1.82) is 0 Å². The topological polar surface area (TPSA) is 26.3 Å². The summed E-state index contributed by atoms with van der Waals surface area (Å²) >= 11 is 6.60. The second-order valence-corrected chi connectivity index (χ2v) is 5.35. The largest absolute Gasteiger partial charge is 0.469 e. The molecule has 1 saturated carbocycles. The maximum atomic E-state index is 11.7. The Morgan fingerprint density at radius 3 is 2.38 bits per heavy atom. The maximum Gasteiger partial charge on any atom is 0.311 e. The third kappa shape index (κ3) is 1.29. The van der Waals surface area contributed by atoms with E-state index in [1.54, 1.807) is 0 Å². The molecule has 0 amide bonds. The molecule has 2 unspecified atom stereocenters. The van der Waals surface area contributed by atoms with Gasteiger partial charge in [0.2, 0.25) is 0 Å². The van der Waals surface area contributed by atoms with Gasteiger partial charge in [-0.05, 0) is 5.56 Å². The molecular formula is C13H15ClO2. The van der Waals surface area contributed by atoms with Crippen LogP contribution in [-0.2, 0) is 14.4 Å². The molecule has 2 rings (SSSR count). The fourth-order valence-corrected chi connectivity index (χ4v) is 3.05. The summed E-state index contributed by atoms with van der Waals surface area (Å²) in [5, 5.41) is 0. The van der Waals surface area contributed by atoms with Crippen molar-refractivity contribution in [1.82, 2.24) is 0 Å². The molecule has 3 heteroatoms. The van der Waals surface area contributed by atoms with Gasteiger partial charge in [-0.2, -0.15) is 0 Å². The van der Waals surface area contributed by atoms with Crippen molar-refractivity contribution < 1.29 is 9.53 Å². The number of hydrogen-bond donors (Lipinski definition) is 0. The molecule has 0 saturated heterocycles. The Kier molecular flexibility index (Phi) is 2.50. The Balaban J connectivity index is 2.38. The van der Waals surface area contributed by atoms with Crippen molar-refractivity contribution in [2.24, 2.45) is 11.3 Å². The van der Waals surface area contributed by atoms with Gasteiger partial charge in [-0.15, -0.1) is 11.6 Å². The Morgan fingerprint density at radius 1 is 1.31 bits per heavy atom. The summed E-state index contributed by atoms with van der Waals surface area (Å²) in [5.74, 6) is -0.502. The van der Waals surface area contributed by atoms with E-state index in [1.807, 2.05) is 44.2 Å². The molecular weight excluding hydrogens is 224 g/mol. The van der Waals surface area contributed by atoms with Crippen molar-refractivity contribution in [2.45, 2.75) is 18.7 Å².